The van der Waals surface area contributed by atoms with Gasteiger partial charge < -0.3 is 0 Å². The second-order valence-electron chi connectivity index (χ2n) is 5.07. The molecule has 0 spiro atoms. The maximum absolute atomic E-state index is 12.4. The third kappa shape index (κ3) is 2.75. The fraction of sp³-hybridized carbons (Fsp3) is 0.750. The van der Waals surface area contributed by atoms with E-state index in [2.05, 4.69) is 5.10 Å². The topological polar surface area (TPSA) is 55.2 Å². The monoisotopic (exact) mass is 271 g/mol. The highest BCUT2D eigenvalue weighted by Crippen LogP contribution is 2.20. The fourth-order valence-corrected chi connectivity index (χ4v) is 3.63. The normalized spacial score (nSPS) is 19.1. The first-order valence-electron chi connectivity index (χ1n) is 6.56. The summed E-state index contributed by atoms with van der Waals surface area (Å²) in [7, 11) is -3.35. The van der Waals surface area contributed by atoms with Crippen LogP contribution in [0, 0.1) is 0 Å². The van der Waals surface area contributed by atoms with Crippen LogP contribution in [0.3, 0.4) is 0 Å². The molecule has 1 fully saturated rings. The van der Waals surface area contributed by atoms with Gasteiger partial charge in [0.2, 0.25) is 10.0 Å². The lowest BCUT2D eigenvalue weighted by Gasteiger charge is -2.18. The van der Waals surface area contributed by atoms with Crippen molar-refractivity contribution in [2.24, 2.45) is 0 Å². The van der Waals surface area contributed by atoms with E-state index in [1.165, 1.54) is 6.20 Å². The number of hydrogen-bond acceptors (Lipinski definition) is 3. The highest BCUT2D eigenvalue weighted by molar-refractivity contribution is 7.89. The summed E-state index contributed by atoms with van der Waals surface area (Å²) in [5, 5.41) is 4.11. The van der Waals surface area contributed by atoms with Crippen molar-refractivity contribution in [3.05, 3.63) is 12.4 Å². The van der Waals surface area contributed by atoms with Gasteiger partial charge in [0.05, 0.1) is 6.20 Å². The molecule has 0 radical (unpaired) electrons. The number of hydrogen-bond donors (Lipinski definition) is 0. The van der Waals surface area contributed by atoms with Crippen molar-refractivity contribution in [2.75, 3.05) is 13.1 Å². The largest absolute Gasteiger partial charge is 0.269 e. The molecule has 18 heavy (non-hydrogen) atoms. The molecule has 5 nitrogen and oxygen atoms in total. The second-order valence-corrected chi connectivity index (χ2v) is 7.01. The van der Waals surface area contributed by atoms with Crippen LogP contribution in [-0.4, -0.2) is 35.6 Å². The molecule has 0 saturated carbocycles. The minimum absolute atomic E-state index is 0.179. The second kappa shape index (κ2) is 5.40. The Bertz CT molecular complexity index is 485. The maximum Gasteiger partial charge on any atom is 0.246 e. The molecule has 0 aromatic carbocycles. The van der Waals surface area contributed by atoms with Gasteiger partial charge >= 0.3 is 0 Å². The van der Waals surface area contributed by atoms with Crippen LogP contribution < -0.4 is 0 Å². The van der Waals surface area contributed by atoms with E-state index in [9.17, 15) is 8.42 Å². The van der Waals surface area contributed by atoms with E-state index in [4.69, 9.17) is 0 Å². The Labute approximate surface area is 109 Å². The lowest BCUT2D eigenvalue weighted by Crippen LogP contribution is -2.31. The van der Waals surface area contributed by atoms with E-state index in [0.29, 0.717) is 18.0 Å². The van der Waals surface area contributed by atoms with E-state index in [0.717, 1.165) is 25.7 Å². The van der Waals surface area contributed by atoms with Crippen LogP contribution >= 0.6 is 0 Å². The summed E-state index contributed by atoms with van der Waals surface area (Å²) in [5.41, 5.74) is 0. The minimum atomic E-state index is -3.35. The fourth-order valence-electron chi connectivity index (χ4n) is 2.17. The summed E-state index contributed by atoms with van der Waals surface area (Å²) in [6.07, 6.45) is 7.24. The SMILES string of the molecule is CC(C)n1cc(S(=O)(=O)N2CCCCCC2)cn1. The van der Waals surface area contributed by atoms with Gasteiger partial charge in [-0.1, -0.05) is 12.8 Å². The zero-order valence-corrected chi connectivity index (χ0v) is 11.9. The number of aromatic nitrogens is 2. The lowest BCUT2D eigenvalue weighted by atomic mass is 10.2. The van der Waals surface area contributed by atoms with E-state index in [1.807, 2.05) is 13.8 Å². The summed E-state index contributed by atoms with van der Waals surface area (Å²) in [4.78, 5) is 0.318. The van der Waals surface area contributed by atoms with Gasteiger partial charge in [0.1, 0.15) is 4.90 Å². The van der Waals surface area contributed by atoms with Crippen molar-refractivity contribution in [3.63, 3.8) is 0 Å². The molecule has 0 atom stereocenters. The molecule has 0 unspecified atom stereocenters. The van der Waals surface area contributed by atoms with Gasteiger partial charge in [-0.15, -0.1) is 0 Å². The minimum Gasteiger partial charge on any atom is -0.269 e. The molecule has 1 aromatic heterocycles. The van der Waals surface area contributed by atoms with Crippen molar-refractivity contribution in [1.29, 1.82) is 0 Å². The summed E-state index contributed by atoms with van der Waals surface area (Å²) in [6.45, 7) is 5.23. The van der Waals surface area contributed by atoms with Gasteiger partial charge in [0.15, 0.2) is 0 Å². The lowest BCUT2D eigenvalue weighted by molar-refractivity contribution is 0.423. The van der Waals surface area contributed by atoms with Crippen molar-refractivity contribution < 1.29 is 8.42 Å². The van der Waals surface area contributed by atoms with Crippen molar-refractivity contribution in [3.8, 4) is 0 Å². The molecular formula is C12H21N3O2S. The first-order chi connectivity index (χ1) is 8.51. The average Bonchev–Trinajstić information content (AvgIpc) is 2.66. The van der Waals surface area contributed by atoms with Gasteiger partial charge in [-0.05, 0) is 26.7 Å². The van der Waals surface area contributed by atoms with Gasteiger partial charge in [-0.25, -0.2) is 8.42 Å². The van der Waals surface area contributed by atoms with Crippen molar-refractivity contribution >= 4 is 10.0 Å². The van der Waals surface area contributed by atoms with Gasteiger partial charge in [0.25, 0.3) is 0 Å². The first kappa shape index (κ1) is 13.5. The molecule has 2 rings (SSSR count). The van der Waals surface area contributed by atoms with Crippen LogP contribution in [0.2, 0.25) is 0 Å². The van der Waals surface area contributed by atoms with Crippen LogP contribution in [-0.2, 0) is 10.0 Å². The average molecular weight is 271 g/mol. The Hall–Kier alpha value is -0.880. The standard InChI is InChI=1S/C12H21N3O2S/c1-11(2)15-10-12(9-13-15)18(16,17)14-7-5-3-4-6-8-14/h9-11H,3-8H2,1-2H3. The Kier molecular flexibility index (Phi) is 4.07. The van der Waals surface area contributed by atoms with Crippen LogP contribution in [0.25, 0.3) is 0 Å². The zero-order valence-electron chi connectivity index (χ0n) is 11.0. The van der Waals surface area contributed by atoms with Gasteiger partial charge in [0, 0.05) is 25.3 Å². The molecule has 102 valence electrons. The molecule has 1 aliphatic rings. The van der Waals surface area contributed by atoms with Crippen LogP contribution in [0.5, 0.6) is 0 Å². The molecule has 0 aliphatic carbocycles. The molecule has 1 saturated heterocycles. The molecule has 0 amide bonds. The molecule has 1 aromatic rings. The van der Waals surface area contributed by atoms with Crippen molar-refractivity contribution in [1.82, 2.24) is 14.1 Å². The Morgan fingerprint density at radius 3 is 2.28 bits per heavy atom. The summed E-state index contributed by atoms with van der Waals surface area (Å²) in [6, 6.07) is 0.179. The van der Waals surface area contributed by atoms with E-state index in [1.54, 1.807) is 15.2 Å². The number of nitrogens with zero attached hydrogens (tertiary/aromatic N) is 3. The summed E-state index contributed by atoms with van der Waals surface area (Å²) >= 11 is 0. The highest BCUT2D eigenvalue weighted by atomic mass is 32.2. The van der Waals surface area contributed by atoms with Crippen LogP contribution in [0.15, 0.2) is 17.3 Å². The summed E-state index contributed by atoms with van der Waals surface area (Å²) < 4.78 is 28.2. The molecular weight excluding hydrogens is 250 g/mol. The van der Waals surface area contributed by atoms with Gasteiger partial charge in [-0.2, -0.15) is 9.40 Å². The molecule has 2 heterocycles. The highest BCUT2D eigenvalue weighted by Gasteiger charge is 2.26. The number of rotatable bonds is 3. The van der Waals surface area contributed by atoms with E-state index < -0.39 is 10.0 Å². The molecule has 0 N–H and O–H groups in total. The molecule has 0 bridgehead atoms. The molecule has 6 heteroatoms. The first-order valence-corrected chi connectivity index (χ1v) is 8.00. The summed E-state index contributed by atoms with van der Waals surface area (Å²) in [5.74, 6) is 0. The number of sulfonamides is 1. The zero-order chi connectivity index (χ0) is 13.2. The van der Waals surface area contributed by atoms with E-state index in [-0.39, 0.29) is 6.04 Å². The predicted molar refractivity (Wildman–Crippen MR) is 69.8 cm³/mol. The maximum atomic E-state index is 12.4. The Morgan fingerprint density at radius 2 is 1.78 bits per heavy atom. The van der Waals surface area contributed by atoms with Crippen LogP contribution in [0.1, 0.15) is 45.6 Å². The Morgan fingerprint density at radius 1 is 1.17 bits per heavy atom. The quantitative estimate of drug-likeness (QED) is 0.845. The third-order valence-electron chi connectivity index (χ3n) is 3.31. The van der Waals surface area contributed by atoms with Crippen molar-refractivity contribution in [2.45, 2.75) is 50.5 Å². The third-order valence-corrected chi connectivity index (χ3v) is 5.16. The Balaban J connectivity index is 2.23. The van der Waals surface area contributed by atoms with Gasteiger partial charge in [-0.3, -0.25) is 4.68 Å². The van der Waals surface area contributed by atoms with E-state index >= 15 is 0 Å². The smallest absolute Gasteiger partial charge is 0.246 e. The van der Waals surface area contributed by atoms with Crippen LogP contribution in [0.4, 0.5) is 0 Å². The predicted octanol–water partition coefficient (Wildman–Crippen LogP) is 2.03. The molecule has 1 aliphatic heterocycles.